The van der Waals surface area contributed by atoms with Crippen LogP contribution in [0, 0.1) is 5.92 Å². The van der Waals surface area contributed by atoms with E-state index in [0.29, 0.717) is 25.6 Å². The molecule has 12 heavy (non-hydrogen) atoms. The molecule has 1 N–H and O–H groups in total. The Morgan fingerprint density at radius 3 is 3.25 bits per heavy atom. The van der Waals surface area contributed by atoms with Crippen LogP contribution in [0.5, 0.6) is 0 Å². The van der Waals surface area contributed by atoms with E-state index < -0.39 is 0 Å². The summed E-state index contributed by atoms with van der Waals surface area (Å²) >= 11 is 0. The molecule has 0 spiro atoms. The fourth-order valence-electron chi connectivity index (χ4n) is 1.31. The molecule has 0 aliphatic carbocycles. The molecule has 0 aromatic rings. The van der Waals surface area contributed by atoms with Crippen molar-refractivity contribution in [3.8, 4) is 0 Å². The van der Waals surface area contributed by atoms with Crippen molar-refractivity contribution in [1.29, 1.82) is 0 Å². The van der Waals surface area contributed by atoms with Crippen LogP contribution in [-0.2, 0) is 9.53 Å². The first kappa shape index (κ1) is 9.26. The molecule has 0 aromatic heterocycles. The van der Waals surface area contributed by atoms with Gasteiger partial charge in [-0.2, -0.15) is 0 Å². The zero-order chi connectivity index (χ0) is 8.81. The second-order valence-electron chi connectivity index (χ2n) is 3.03. The largest absolute Gasteiger partial charge is 0.377 e. The minimum absolute atomic E-state index is 0.147. The molecule has 1 aliphatic heterocycles. The van der Waals surface area contributed by atoms with Crippen molar-refractivity contribution in [2.45, 2.75) is 12.8 Å². The van der Waals surface area contributed by atoms with Gasteiger partial charge in [0.25, 0.3) is 0 Å². The lowest BCUT2D eigenvalue weighted by molar-refractivity contribution is -0.124. The average Bonchev–Trinajstić information content (AvgIpc) is 2.05. The van der Waals surface area contributed by atoms with Gasteiger partial charge in [-0.1, -0.05) is 6.08 Å². The first-order valence-corrected chi connectivity index (χ1v) is 4.28. The van der Waals surface area contributed by atoms with Crippen LogP contribution in [-0.4, -0.2) is 25.7 Å². The Hall–Kier alpha value is -0.830. The van der Waals surface area contributed by atoms with Gasteiger partial charge in [0.1, 0.15) is 0 Å². The average molecular weight is 169 g/mol. The molecule has 0 saturated carbocycles. The van der Waals surface area contributed by atoms with E-state index in [9.17, 15) is 4.79 Å². The van der Waals surface area contributed by atoms with E-state index in [0.717, 1.165) is 13.0 Å². The minimum atomic E-state index is 0.147. The van der Waals surface area contributed by atoms with E-state index in [1.807, 2.05) is 0 Å². The molecule has 1 amide bonds. The molecule has 0 aromatic carbocycles. The summed E-state index contributed by atoms with van der Waals surface area (Å²) in [6.45, 7) is 5.61. The molecule has 1 aliphatic rings. The number of nitrogens with one attached hydrogen (secondary N) is 1. The van der Waals surface area contributed by atoms with Gasteiger partial charge >= 0.3 is 0 Å². The van der Waals surface area contributed by atoms with Crippen LogP contribution < -0.4 is 5.32 Å². The highest BCUT2D eigenvalue weighted by Crippen LogP contribution is 2.12. The first-order valence-electron chi connectivity index (χ1n) is 4.28. The van der Waals surface area contributed by atoms with Crippen LogP contribution in [0.3, 0.4) is 0 Å². The summed E-state index contributed by atoms with van der Waals surface area (Å²) in [5, 5.41) is 2.79. The van der Waals surface area contributed by atoms with Gasteiger partial charge in [-0.05, 0) is 12.3 Å². The van der Waals surface area contributed by atoms with E-state index in [4.69, 9.17) is 4.74 Å². The molecule has 1 heterocycles. The second-order valence-corrected chi connectivity index (χ2v) is 3.03. The highest BCUT2D eigenvalue weighted by molar-refractivity contribution is 5.76. The maximum Gasteiger partial charge on any atom is 0.220 e. The number of carbonyl (C=O) groups excluding carboxylic acids is 1. The second kappa shape index (κ2) is 4.93. The van der Waals surface area contributed by atoms with Crippen LogP contribution in [0.2, 0.25) is 0 Å². The van der Waals surface area contributed by atoms with E-state index in [1.165, 1.54) is 0 Å². The maximum atomic E-state index is 10.9. The first-order chi connectivity index (χ1) is 5.83. The quantitative estimate of drug-likeness (QED) is 0.497. The Bertz CT molecular complexity index is 168. The number of rotatable bonds is 4. The van der Waals surface area contributed by atoms with Gasteiger partial charge in [0, 0.05) is 13.0 Å². The predicted molar refractivity (Wildman–Crippen MR) is 46.7 cm³/mol. The molecule has 68 valence electrons. The lowest BCUT2D eigenvalue weighted by atomic mass is 9.99. The molecule has 0 radical (unpaired) electrons. The fraction of sp³-hybridized carbons (Fsp3) is 0.667. The third kappa shape index (κ3) is 3.05. The monoisotopic (exact) mass is 169 g/mol. The van der Waals surface area contributed by atoms with Crippen molar-refractivity contribution in [1.82, 2.24) is 5.32 Å². The van der Waals surface area contributed by atoms with E-state index in [2.05, 4.69) is 11.9 Å². The normalized spacial score (nSPS) is 23.3. The topological polar surface area (TPSA) is 38.3 Å². The number of carbonyl (C=O) groups is 1. The minimum Gasteiger partial charge on any atom is -0.377 e. The van der Waals surface area contributed by atoms with E-state index in [1.54, 1.807) is 6.08 Å². The van der Waals surface area contributed by atoms with Crippen molar-refractivity contribution < 1.29 is 9.53 Å². The van der Waals surface area contributed by atoms with Crippen LogP contribution in [0.4, 0.5) is 0 Å². The lowest BCUT2D eigenvalue weighted by Crippen LogP contribution is -2.35. The van der Waals surface area contributed by atoms with Crippen molar-refractivity contribution in [3.05, 3.63) is 12.7 Å². The summed E-state index contributed by atoms with van der Waals surface area (Å²) in [6.07, 6.45) is 3.36. The van der Waals surface area contributed by atoms with Crippen LogP contribution >= 0.6 is 0 Å². The number of hydrogen-bond donors (Lipinski definition) is 1. The summed E-state index contributed by atoms with van der Waals surface area (Å²) in [4.78, 5) is 10.9. The van der Waals surface area contributed by atoms with Crippen molar-refractivity contribution in [2.24, 2.45) is 5.92 Å². The molecule has 3 nitrogen and oxygen atoms in total. The molecular formula is C9H15NO2. The Morgan fingerprint density at radius 1 is 1.75 bits per heavy atom. The smallest absolute Gasteiger partial charge is 0.220 e. The predicted octanol–water partition coefficient (Wildman–Crippen LogP) is 0.715. The van der Waals surface area contributed by atoms with Gasteiger partial charge in [-0.3, -0.25) is 4.79 Å². The van der Waals surface area contributed by atoms with Crippen LogP contribution in [0.25, 0.3) is 0 Å². The Kier molecular flexibility index (Phi) is 3.80. The van der Waals surface area contributed by atoms with Gasteiger partial charge in [0.2, 0.25) is 5.91 Å². The Morgan fingerprint density at radius 2 is 2.58 bits per heavy atom. The van der Waals surface area contributed by atoms with Gasteiger partial charge in [0.15, 0.2) is 0 Å². The standard InChI is InChI=1S/C9H15NO2/c1-2-5-12-7-8-3-4-10-9(11)6-8/h2,8H,1,3-7H2,(H,10,11)/t8-/m0/s1. The highest BCUT2D eigenvalue weighted by Gasteiger charge is 2.18. The van der Waals surface area contributed by atoms with Crippen LogP contribution in [0.15, 0.2) is 12.7 Å². The maximum absolute atomic E-state index is 10.9. The van der Waals surface area contributed by atoms with Gasteiger partial charge in [-0.15, -0.1) is 6.58 Å². The van der Waals surface area contributed by atoms with Crippen molar-refractivity contribution >= 4 is 5.91 Å². The van der Waals surface area contributed by atoms with Gasteiger partial charge < -0.3 is 10.1 Å². The molecule has 1 fully saturated rings. The Labute approximate surface area is 72.8 Å². The molecule has 3 heteroatoms. The molecule has 0 unspecified atom stereocenters. The zero-order valence-corrected chi connectivity index (χ0v) is 7.21. The lowest BCUT2D eigenvalue weighted by Gasteiger charge is -2.21. The summed E-state index contributed by atoms with van der Waals surface area (Å²) in [5.74, 6) is 0.548. The Balaban J connectivity index is 2.14. The third-order valence-corrected chi connectivity index (χ3v) is 1.94. The number of piperidine rings is 1. The number of ether oxygens (including phenoxy) is 1. The highest BCUT2D eigenvalue weighted by atomic mass is 16.5. The fourth-order valence-corrected chi connectivity index (χ4v) is 1.31. The summed E-state index contributed by atoms with van der Waals surface area (Å²) in [6, 6.07) is 0. The van der Waals surface area contributed by atoms with E-state index >= 15 is 0 Å². The summed E-state index contributed by atoms with van der Waals surface area (Å²) < 4.78 is 5.27. The molecule has 1 saturated heterocycles. The number of hydrogen-bond acceptors (Lipinski definition) is 2. The molecular weight excluding hydrogens is 154 g/mol. The number of amides is 1. The van der Waals surface area contributed by atoms with Crippen LogP contribution in [0.1, 0.15) is 12.8 Å². The SMILES string of the molecule is C=CCOC[C@H]1CCNC(=O)C1. The van der Waals surface area contributed by atoms with Crippen molar-refractivity contribution in [3.63, 3.8) is 0 Å². The molecule has 1 rings (SSSR count). The third-order valence-electron chi connectivity index (χ3n) is 1.94. The molecule has 1 atom stereocenters. The summed E-state index contributed by atoms with van der Waals surface area (Å²) in [7, 11) is 0. The van der Waals surface area contributed by atoms with Gasteiger partial charge in [-0.25, -0.2) is 0 Å². The van der Waals surface area contributed by atoms with E-state index in [-0.39, 0.29) is 5.91 Å². The van der Waals surface area contributed by atoms with Crippen molar-refractivity contribution in [2.75, 3.05) is 19.8 Å². The molecule has 0 bridgehead atoms. The zero-order valence-electron chi connectivity index (χ0n) is 7.21. The van der Waals surface area contributed by atoms with Gasteiger partial charge in [0.05, 0.1) is 13.2 Å². The summed E-state index contributed by atoms with van der Waals surface area (Å²) in [5.41, 5.74) is 0.